The number of amides is 1. The van der Waals surface area contributed by atoms with Crippen LogP contribution < -0.4 is 14.8 Å². The number of hydrogen-bond donors (Lipinski definition) is 1. The van der Waals surface area contributed by atoms with Crippen molar-refractivity contribution in [3.8, 4) is 11.5 Å². The van der Waals surface area contributed by atoms with Gasteiger partial charge in [-0.15, -0.1) is 0 Å². The predicted octanol–water partition coefficient (Wildman–Crippen LogP) is 3.72. The van der Waals surface area contributed by atoms with Gasteiger partial charge < -0.3 is 14.8 Å². The molecule has 1 amide bonds. The van der Waals surface area contributed by atoms with Crippen LogP contribution in [0.3, 0.4) is 0 Å². The molecule has 3 rings (SSSR count). The van der Waals surface area contributed by atoms with E-state index in [0.29, 0.717) is 36.4 Å². The summed E-state index contributed by atoms with van der Waals surface area (Å²) in [5.41, 5.74) is 1.35. The molecule has 27 heavy (non-hydrogen) atoms. The van der Waals surface area contributed by atoms with Gasteiger partial charge in [0.15, 0.2) is 11.5 Å². The fraction of sp³-hybridized carbons (Fsp3) is 0.476. The van der Waals surface area contributed by atoms with E-state index < -0.39 is 0 Å². The molecule has 1 aliphatic carbocycles. The predicted molar refractivity (Wildman–Crippen MR) is 103 cm³/mol. The summed E-state index contributed by atoms with van der Waals surface area (Å²) in [6.45, 7) is 5.38. The Balaban J connectivity index is 1.58. The number of aromatic nitrogens is 2. The number of methoxy groups -OCH3 is 1. The maximum Gasteiger partial charge on any atom is 0.270 e. The summed E-state index contributed by atoms with van der Waals surface area (Å²) in [5.74, 6) is 2.97. The molecule has 1 aromatic heterocycles. The first-order chi connectivity index (χ1) is 13.1. The number of ether oxygens (including phenoxy) is 2. The third-order valence-corrected chi connectivity index (χ3v) is 4.48. The highest BCUT2D eigenvalue weighted by Crippen LogP contribution is 2.37. The molecule has 0 radical (unpaired) electrons. The summed E-state index contributed by atoms with van der Waals surface area (Å²) in [6.07, 6.45) is 4.86. The van der Waals surface area contributed by atoms with E-state index in [1.54, 1.807) is 19.4 Å². The van der Waals surface area contributed by atoms with Crippen molar-refractivity contribution in [2.24, 2.45) is 5.92 Å². The lowest BCUT2D eigenvalue weighted by Crippen LogP contribution is -2.24. The summed E-state index contributed by atoms with van der Waals surface area (Å²) in [6, 6.07) is 7.35. The second kappa shape index (κ2) is 8.84. The second-order valence-corrected chi connectivity index (χ2v) is 7.27. The third-order valence-electron chi connectivity index (χ3n) is 4.48. The van der Waals surface area contributed by atoms with Crippen molar-refractivity contribution < 1.29 is 14.3 Å². The maximum absolute atomic E-state index is 12.4. The molecule has 144 valence electrons. The Bertz CT molecular complexity index is 788. The fourth-order valence-electron chi connectivity index (χ4n) is 2.66. The lowest BCUT2D eigenvalue weighted by atomic mass is 10.1. The lowest BCUT2D eigenvalue weighted by Gasteiger charge is -2.13. The molecule has 0 aliphatic heterocycles. The molecule has 1 aromatic carbocycles. The van der Waals surface area contributed by atoms with E-state index in [9.17, 15) is 4.79 Å². The first-order valence-corrected chi connectivity index (χ1v) is 9.47. The van der Waals surface area contributed by atoms with Crippen molar-refractivity contribution in [3.05, 3.63) is 47.5 Å². The molecule has 6 nitrogen and oxygen atoms in total. The summed E-state index contributed by atoms with van der Waals surface area (Å²) in [4.78, 5) is 21.0. The van der Waals surface area contributed by atoms with Gasteiger partial charge in [-0.2, -0.15) is 0 Å². The van der Waals surface area contributed by atoms with Gasteiger partial charge in [0, 0.05) is 18.7 Å². The van der Waals surface area contributed by atoms with Gasteiger partial charge in [0.25, 0.3) is 5.91 Å². The molecule has 1 aliphatic rings. The Labute approximate surface area is 160 Å². The SMILES string of the molecule is COc1cc(CNC(=O)c2ccnc(C3CC3)n2)ccc1OCCC(C)C. The lowest BCUT2D eigenvalue weighted by molar-refractivity contribution is 0.0945. The molecule has 1 heterocycles. The highest BCUT2D eigenvalue weighted by atomic mass is 16.5. The molecule has 0 saturated heterocycles. The minimum Gasteiger partial charge on any atom is -0.493 e. The quantitative estimate of drug-likeness (QED) is 0.729. The molecule has 0 atom stereocenters. The Hall–Kier alpha value is -2.63. The number of benzene rings is 1. The van der Waals surface area contributed by atoms with Crippen molar-refractivity contribution in [1.29, 1.82) is 0 Å². The Morgan fingerprint density at radius 2 is 2.07 bits per heavy atom. The van der Waals surface area contributed by atoms with E-state index in [-0.39, 0.29) is 5.91 Å². The van der Waals surface area contributed by atoms with Crippen LogP contribution in [0, 0.1) is 5.92 Å². The second-order valence-electron chi connectivity index (χ2n) is 7.27. The van der Waals surface area contributed by atoms with Gasteiger partial charge in [-0.25, -0.2) is 9.97 Å². The number of hydrogen-bond acceptors (Lipinski definition) is 5. The van der Waals surface area contributed by atoms with Crippen LogP contribution in [0.25, 0.3) is 0 Å². The van der Waals surface area contributed by atoms with E-state index >= 15 is 0 Å². The molecule has 0 unspecified atom stereocenters. The molecular formula is C21H27N3O3. The summed E-state index contributed by atoms with van der Waals surface area (Å²) in [7, 11) is 1.62. The van der Waals surface area contributed by atoms with Crippen molar-refractivity contribution in [3.63, 3.8) is 0 Å². The molecule has 2 aromatic rings. The van der Waals surface area contributed by atoms with Gasteiger partial charge in [0.05, 0.1) is 13.7 Å². The van der Waals surface area contributed by atoms with Crippen LogP contribution in [0.2, 0.25) is 0 Å². The zero-order chi connectivity index (χ0) is 19.2. The van der Waals surface area contributed by atoms with E-state index in [0.717, 1.165) is 36.4 Å². The molecule has 1 saturated carbocycles. The van der Waals surface area contributed by atoms with Crippen LogP contribution in [0.4, 0.5) is 0 Å². The maximum atomic E-state index is 12.4. The zero-order valence-corrected chi connectivity index (χ0v) is 16.2. The first kappa shape index (κ1) is 19.1. The smallest absolute Gasteiger partial charge is 0.270 e. The van der Waals surface area contributed by atoms with Crippen LogP contribution in [-0.2, 0) is 6.54 Å². The largest absolute Gasteiger partial charge is 0.493 e. The van der Waals surface area contributed by atoms with Gasteiger partial charge in [-0.1, -0.05) is 19.9 Å². The first-order valence-electron chi connectivity index (χ1n) is 9.47. The number of nitrogens with zero attached hydrogens (tertiary/aromatic N) is 2. The van der Waals surface area contributed by atoms with Gasteiger partial charge in [0.1, 0.15) is 11.5 Å². The zero-order valence-electron chi connectivity index (χ0n) is 16.2. The van der Waals surface area contributed by atoms with Crippen LogP contribution >= 0.6 is 0 Å². The number of carbonyl (C=O) groups excluding carboxylic acids is 1. The van der Waals surface area contributed by atoms with Gasteiger partial charge in [0.2, 0.25) is 0 Å². The number of nitrogens with one attached hydrogen (secondary N) is 1. The highest BCUT2D eigenvalue weighted by Gasteiger charge is 2.27. The molecular weight excluding hydrogens is 342 g/mol. The van der Waals surface area contributed by atoms with Crippen molar-refractivity contribution >= 4 is 5.91 Å². The molecule has 0 bridgehead atoms. The number of rotatable bonds is 9. The van der Waals surface area contributed by atoms with Crippen LogP contribution in [-0.4, -0.2) is 29.6 Å². The van der Waals surface area contributed by atoms with E-state index in [1.807, 2.05) is 18.2 Å². The Kier molecular flexibility index (Phi) is 6.27. The summed E-state index contributed by atoms with van der Waals surface area (Å²) < 4.78 is 11.2. The minimum absolute atomic E-state index is 0.199. The topological polar surface area (TPSA) is 73.3 Å². The summed E-state index contributed by atoms with van der Waals surface area (Å²) in [5, 5.41) is 2.91. The summed E-state index contributed by atoms with van der Waals surface area (Å²) >= 11 is 0. The standard InChI is InChI=1S/C21H27N3O3/c1-14(2)9-11-27-18-7-4-15(12-19(18)26-3)13-23-21(25)17-8-10-22-20(24-17)16-5-6-16/h4,7-8,10,12,14,16H,5-6,9,11,13H2,1-3H3,(H,23,25). The average molecular weight is 369 g/mol. The van der Waals surface area contributed by atoms with Crippen molar-refractivity contribution in [2.75, 3.05) is 13.7 Å². The van der Waals surface area contributed by atoms with Gasteiger partial charge >= 0.3 is 0 Å². The molecule has 0 spiro atoms. The normalized spacial score (nSPS) is 13.5. The van der Waals surface area contributed by atoms with Gasteiger partial charge in [-0.3, -0.25) is 4.79 Å². The van der Waals surface area contributed by atoms with Gasteiger partial charge in [-0.05, 0) is 48.9 Å². The van der Waals surface area contributed by atoms with Crippen molar-refractivity contribution in [1.82, 2.24) is 15.3 Å². The van der Waals surface area contributed by atoms with Crippen molar-refractivity contribution in [2.45, 2.75) is 45.6 Å². The molecule has 1 fully saturated rings. The van der Waals surface area contributed by atoms with Crippen LogP contribution in [0.5, 0.6) is 11.5 Å². The molecule has 1 N–H and O–H groups in total. The monoisotopic (exact) mass is 369 g/mol. The van der Waals surface area contributed by atoms with E-state index in [4.69, 9.17) is 9.47 Å². The third kappa shape index (κ3) is 5.42. The van der Waals surface area contributed by atoms with Crippen LogP contribution in [0.15, 0.2) is 30.5 Å². The molecule has 6 heteroatoms. The fourth-order valence-corrected chi connectivity index (χ4v) is 2.66. The van der Waals surface area contributed by atoms with Crippen LogP contribution in [0.1, 0.15) is 60.9 Å². The average Bonchev–Trinajstić information content (AvgIpc) is 3.52. The highest BCUT2D eigenvalue weighted by molar-refractivity contribution is 5.92. The Morgan fingerprint density at radius 3 is 2.78 bits per heavy atom. The Morgan fingerprint density at radius 1 is 1.26 bits per heavy atom. The van der Waals surface area contributed by atoms with E-state index in [1.165, 1.54) is 0 Å². The van der Waals surface area contributed by atoms with E-state index in [2.05, 4.69) is 29.1 Å². The number of carbonyl (C=O) groups is 1. The minimum atomic E-state index is -0.199.